The van der Waals surface area contributed by atoms with Crippen molar-refractivity contribution in [1.82, 2.24) is 0 Å². The number of para-hydroxylation sites is 1. The van der Waals surface area contributed by atoms with Crippen molar-refractivity contribution in [2.75, 3.05) is 23.3 Å². The fourth-order valence-corrected chi connectivity index (χ4v) is 4.22. The third kappa shape index (κ3) is 1.67. The Labute approximate surface area is 101 Å². The Bertz CT molecular complexity index is 397. The van der Waals surface area contributed by atoms with E-state index in [1.165, 1.54) is 36.3 Å². The minimum absolute atomic E-state index is 0.524. The summed E-state index contributed by atoms with van der Waals surface area (Å²) in [5.74, 6) is 1.25. The van der Waals surface area contributed by atoms with Crippen molar-refractivity contribution < 1.29 is 0 Å². The first-order chi connectivity index (χ1) is 7.79. The van der Waals surface area contributed by atoms with E-state index < -0.39 is 0 Å². The van der Waals surface area contributed by atoms with Gasteiger partial charge < -0.3 is 11.1 Å². The zero-order valence-electron chi connectivity index (χ0n) is 9.46. The lowest BCUT2D eigenvalue weighted by Gasteiger charge is -2.26. The quantitative estimate of drug-likeness (QED) is 0.676. The van der Waals surface area contributed by atoms with Crippen LogP contribution < -0.4 is 11.1 Å². The van der Waals surface area contributed by atoms with E-state index in [2.05, 4.69) is 17.4 Å². The van der Waals surface area contributed by atoms with Crippen LogP contribution in [0.2, 0.25) is 0 Å². The number of anilines is 2. The molecule has 0 bridgehead atoms. The van der Waals surface area contributed by atoms with Gasteiger partial charge in [-0.05, 0) is 30.4 Å². The van der Waals surface area contributed by atoms with Crippen molar-refractivity contribution in [3.8, 4) is 0 Å². The Morgan fingerprint density at radius 2 is 2.06 bits per heavy atom. The highest BCUT2D eigenvalue weighted by Gasteiger charge is 2.35. The summed E-state index contributed by atoms with van der Waals surface area (Å²) in [6, 6.07) is 6.21. The normalized spacial score (nSPS) is 22.5. The van der Waals surface area contributed by atoms with E-state index in [4.69, 9.17) is 5.73 Å². The average Bonchev–Trinajstić information content (AvgIpc) is 2.65. The van der Waals surface area contributed by atoms with Crippen molar-refractivity contribution in [3.05, 3.63) is 18.2 Å². The Balaban J connectivity index is 1.89. The van der Waals surface area contributed by atoms with Gasteiger partial charge in [-0.1, -0.05) is 18.9 Å². The number of thioether (sulfide) groups is 1. The second-order valence-electron chi connectivity index (χ2n) is 5.07. The third-order valence-electron chi connectivity index (χ3n) is 3.90. The maximum absolute atomic E-state index is 6.02. The maximum Gasteiger partial charge on any atom is 0.0712 e. The van der Waals surface area contributed by atoms with E-state index in [0.717, 1.165) is 17.9 Å². The SMILES string of the molecule is Nc1cccc2c1NCC1(CCCC1)CS2. The van der Waals surface area contributed by atoms with E-state index in [-0.39, 0.29) is 0 Å². The summed E-state index contributed by atoms with van der Waals surface area (Å²) in [4.78, 5) is 1.32. The molecule has 1 aromatic carbocycles. The standard InChI is InChI=1S/C13H18N2S/c14-10-4-3-5-11-12(10)15-8-13(9-16-11)6-1-2-7-13/h3-5,15H,1-2,6-9,14H2. The fourth-order valence-electron chi connectivity index (χ4n) is 2.86. The van der Waals surface area contributed by atoms with Crippen molar-refractivity contribution in [1.29, 1.82) is 0 Å². The van der Waals surface area contributed by atoms with Gasteiger partial charge >= 0.3 is 0 Å². The van der Waals surface area contributed by atoms with E-state index in [1.807, 2.05) is 17.8 Å². The third-order valence-corrected chi connectivity index (χ3v) is 5.30. The van der Waals surface area contributed by atoms with Gasteiger partial charge in [-0.15, -0.1) is 11.8 Å². The molecule has 0 unspecified atom stereocenters. The number of rotatable bonds is 0. The maximum atomic E-state index is 6.02. The van der Waals surface area contributed by atoms with Crippen molar-refractivity contribution in [2.45, 2.75) is 30.6 Å². The Morgan fingerprint density at radius 3 is 2.88 bits per heavy atom. The Kier molecular flexibility index (Phi) is 2.51. The van der Waals surface area contributed by atoms with Crippen LogP contribution >= 0.6 is 11.8 Å². The largest absolute Gasteiger partial charge is 0.397 e. The Morgan fingerprint density at radius 1 is 1.25 bits per heavy atom. The molecule has 16 heavy (non-hydrogen) atoms. The molecule has 0 saturated heterocycles. The summed E-state index contributed by atoms with van der Waals surface area (Å²) in [7, 11) is 0. The minimum Gasteiger partial charge on any atom is -0.397 e. The summed E-state index contributed by atoms with van der Waals surface area (Å²) in [5.41, 5.74) is 8.60. The molecule has 3 rings (SSSR count). The lowest BCUT2D eigenvalue weighted by atomic mass is 9.88. The molecule has 2 nitrogen and oxygen atoms in total. The monoisotopic (exact) mass is 234 g/mol. The predicted molar refractivity (Wildman–Crippen MR) is 71.0 cm³/mol. The van der Waals surface area contributed by atoms with Crippen LogP contribution in [0.4, 0.5) is 11.4 Å². The lowest BCUT2D eigenvalue weighted by molar-refractivity contribution is 0.373. The number of benzene rings is 1. The second kappa shape index (κ2) is 3.88. The summed E-state index contributed by atoms with van der Waals surface area (Å²) in [6.45, 7) is 1.10. The zero-order valence-corrected chi connectivity index (χ0v) is 10.3. The smallest absolute Gasteiger partial charge is 0.0712 e. The first-order valence-electron chi connectivity index (χ1n) is 6.04. The molecule has 0 radical (unpaired) electrons. The number of hydrogen-bond acceptors (Lipinski definition) is 3. The number of hydrogen-bond donors (Lipinski definition) is 2. The zero-order chi connectivity index (χ0) is 11.0. The van der Waals surface area contributed by atoms with Gasteiger partial charge in [-0.2, -0.15) is 0 Å². The summed E-state index contributed by atoms with van der Waals surface area (Å²) < 4.78 is 0. The highest BCUT2D eigenvalue weighted by atomic mass is 32.2. The van der Waals surface area contributed by atoms with Gasteiger partial charge in [0.05, 0.1) is 11.4 Å². The van der Waals surface area contributed by atoms with Gasteiger partial charge in [0.25, 0.3) is 0 Å². The molecule has 0 amide bonds. The van der Waals surface area contributed by atoms with Crippen LogP contribution in [0, 0.1) is 5.41 Å². The molecule has 0 aromatic heterocycles. The molecule has 1 aliphatic heterocycles. The summed E-state index contributed by atoms with van der Waals surface area (Å²) in [5, 5.41) is 3.58. The van der Waals surface area contributed by atoms with Crippen LogP contribution in [-0.2, 0) is 0 Å². The molecule has 1 aromatic rings. The molecule has 1 saturated carbocycles. The molecular formula is C13H18N2S. The van der Waals surface area contributed by atoms with E-state index >= 15 is 0 Å². The molecule has 1 heterocycles. The fraction of sp³-hybridized carbons (Fsp3) is 0.538. The van der Waals surface area contributed by atoms with E-state index in [1.54, 1.807) is 0 Å². The van der Waals surface area contributed by atoms with Gasteiger partial charge in [0.2, 0.25) is 0 Å². The van der Waals surface area contributed by atoms with Gasteiger partial charge in [0, 0.05) is 17.2 Å². The molecule has 1 fully saturated rings. The van der Waals surface area contributed by atoms with Crippen molar-refractivity contribution >= 4 is 23.1 Å². The molecular weight excluding hydrogens is 216 g/mol. The average molecular weight is 234 g/mol. The van der Waals surface area contributed by atoms with Crippen LogP contribution in [0.25, 0.3) is 0 Å². The molecule has 0 atom stereocenters. The topological polar surface area (TPSA) is 38.0 Å². The molecule has 3 N–H and O–H groups in total. The van der Waals surface area contributed by atoms with Crippen molar-refractivity contribution in [3.63, 3.8) is 0 Å². The van der Waals surface area contributed by atoms with Crippen LogP contribution in [0.15, 0.2) is 23.1 Å². The highest BCUT2D eigenvalue weighted by molar-refractivity contribution is 7.99. The molecule has 3 heteroatoms. The number of nitrogen functional groups attached to an aromatic ring is 1. The van der Waals surface area contributed by atoms with Crippen molar-refractivity contribution in [2.24, 2.45) is 5.41 Å². The number of fused-ring (bicyclic) bond motifs is 1. The highest BCUT2D eigenvalue weighted by Crippen LogP contribution is 2.46. The first-order valence-corrected chi connectivity index (χ1v) is 7.03. The summed E-state index contributed by atoms with van der Waals surface area (Å²) >= 11 is 1.98. The van der Waals surface area contributed by atoms with E-state index in [0.29, 0.717) is 5.41 Å². The van der Waals surface area contributed by atoms with Gasteiger partial charge in [0.1, 0.15) is 0 Å². The predicted octanol–water partition coefficient (Wildman–Crippen LogP) is 3.35. The van der Waals surface area contributed by atoms with Crippen LogP contribution in [0.1, 0.15) is 25.7 Å². The van der Waals surface area contributed by atoms with Gasteiger partial charge in [-0.3, -0.25) is 0 Å². The lowest BCUT2D eigenvalue weighted by Crippen LogP contribution is -2.27. The molecule has 2 aliphatic rings. The van der Waals surface area contributed by atoms with Gasteiger partial charge in [0.15, 0.2) is 0 Å². The summed E-state index contributed by atoms with van der Waals surface area (Å²) in [6.07, 6.45) is 5.55. The molecule has 1 spiro atoms. The minimum atomic E-state index is 0.524. The molecule has 86 valence electrons. The Hall–Kier alpha value is -0.830. The van der Waals surface area contributed by atoms with Crippen LogP contribution in [0.5, 0.6) is 0 Å². The first kappa shape index (κ1) is 10.3. The second-order valence-corrected chi connectivity index (χ2v) is 6.09. The molecule has 1 aliphatic carbocycles. The number of nitrogens with two attached hydrogens (primary N) is 1. The van der Waals surface area contributed by atoms with Gasteiger partial charge in [-0.25, -0.2) is 0 Å². The van der Waals surface area contributed by atoms with Crippen LogP contribution in [0.3, 0.4) is 0 Å². The van der Waals surface area contributed by atoms with Crippen LogP contribution in [-0.4, -0.2) is 12.3 Å². The van der Waals surface area contributed by atoms with E-state index in [9.17, 15) is 0 Å². The number of nitrogens with one attached hydrogen (secondary N) is 1.